The van der Waals surface area contributed by atoms with Gasteiger partial charge in [-0.05, 0) is 31.2 Å². The molecule has 1 aliphatic rings. The van der Waals surface area contributed by atoms with Crippen LogP contribution in [0.5, 0.6) is 5.75 Å². The molecule has 0 spiro atoms. The molecule has 0 saturated carbocycles. The third kappa shape index (κ3) is 4.27. The van der Waals surface area contributed by atoms with Crippen LogP contribution in [0.3, 0.4) is 0 Å². The summed E-state index contributed by atoms with van der Waals surface area (Å²) in [6.07, 6.45) is 3.22. The molecule has 1 fully saturated rings. The minimum atomic E-state index is -0.393. The molecule has 0 atom stereocenters. The van der Waals surface area contributed by atoms with Gasteiger partial charge in [-0.1, -0.05) is 0 Å². The topological polar surface area (TPSA) is 69.5 Å². The molecule has 0 N–H and O–H groups in total. The van der Waals surface area contributed by atoms with Crippen molar-refractivity contribution >= 4 is 5.69 Å². The fourth-order valence-electron chi connectivity index (χ4n) is 3.31. The molecule has 0 bridgehead atoms. The van der Waals surface area contributed by atoms with E-state index in [0.717, 1.165) is 0 Å². The van der Waals surface area contributed by atoms with E-state index in [4.69, 9.17) is 9.47 Å². The number of anilines is 1. The summed E-state index contributed by atoms with van der Waals surface area (Å²) < 4.78 is 27.3. The predicted octanol–water partition coefficient (Wildman–Crippen LogP) is 2.49. The number of hydrogen-bond donors (Lipinski definition) is 0. The van der Waals surface area contributed by atoms with Gasteiger partial charge < -0.3 is 14.4 Å². The molecule has 150 valence electrons. The first-order valence-electron chi connectivity index (χ1n) is 9.37. The lowest BCUT2D eigenvalue weighted by Crippen LogP contribution is -2.36. The lowest BCUT2D eigenvalue weighted by Gasteiger charge is -2.29. The standard InChI is InChI=1S/C21H21FN4O3/c1-15-11-21(27)26(20(24-15)14-29-17-3-2-6-23-13-17)16-4-5-19(18(22)12-16)25-7-9-28-10-8-25/h2-6,11-13H,7-10,14H2,1H3. The maximum absolute atomic E-state index is 14.9. The Morgan fingerprint density at radius 1 is 1.21 bits per heavy atom. The lowest BCUT2D eigenvalue weighted by molar-refractivity contribution is 0.122. The van der Waals surface area contributed by atoms with Crippen molar-refractivity contribution in [2.45, 2.75) is 13.5 Å². The first kappa shape index (κ1) is 19.1. The zero-order valence-electron chi connectivity index (χ0n) is 16.0. The van der Waals surface area contributed by atoms with Gasteiger partial charge in [0.05, 0.1) is 30.8 Å². The number of pyridine rings is 1. The van der Waals surface area contributed by atoms with Gasteiger partial charge in [0, 0.05) is 37.1 Å². The molecule has 3 aromatic rings. The van der Waals surface area contributed by atoms with E-state index >= 15 is 0 Å². The van der Waals surface area contributed by atoms with E-state index in [0.29, 0.717) is 54.9 Å². The summed E-state index contributed by atoms with van der Waals surface area (Å²) in [5.74, 6) is 0.553. The molecule has 0 amide bonds. The van der Waals surface area contributed by atoms with Gasteiger partial charge in [-0.15, -0.1) is 0 Å². The van der Waals surface area contributed by atoms with E-state index in [-0.39, 0.29) is 12.2 Å². The molecule has 29 heavy (non-hydrogen) atoms. The molecule has 3 heterocycles. The quantitative estimate of drug-likeness (QED) is 0.660. The highest BCUT2D eigenvalue weighted by molar-refractivity contribution is 5.53. The van der Waals surface area contributed by atoms with Crippen molar-refractivity contribution in [2.24, 2.45) is 0 Å². The second kappa shape index (κ2) is 8.40. The number of morpholine rings is 1. The number of halogens is 1. The smallest absolute Gasteiger partial charge is 0.258 e. The van der Waals surface area contributed by atoms with Crippen molar-refractivity contribution < 1.29 is 13.9 Å². The van der Waals surface area contributed by atoms with E-state index < -0.39 is 5.82 Å². The molecular formula is C21H21FN4O3. The highest BCUT2D eigenvalue weighted by Gasteiger charge is 2.17. The first-order valence-corrected chi connectivity index (χ1v) is 9.37. The van der Waals surface area contributed by atoms with Crippen molar-refractivity contribution in [1.82, 2.24) is 14.5 Å². The lowest BCUT2D eigenvalue weighted by atomic mass is 10.2. The van der Waals surface area contributed by atoms with Crippen LogP contribution < -0.4 is 15.2 Å². The van der Waals surface area contributed by atoms with E-state index in [1.165, 1.54) is 16.7 Å². The molecule has 0 aliphatic carbocycles. The fourth-order valence-corrected chi connectivity index (χ4v) is 3.31. The maximum atomic E-state index is 14.9. The third-order valence-electron chi connectivity index (χ3n) is 4.66. The Bertz CT molecular complexity index is 1050. The van der Waals surface area contributed by atoms with Gasteiger partial charge in [0.1, 0.15) is 18.2 Å². The van der Waals surface area contributed by atoms with Crippen molar-refractivity contribution in [2.75, 3.05) is 31.2 Å². The van der Waals surface area contributed by atoms with Crippen LogP contribution in [0.2, 0.25) is 0 Å². The number of hydrogen-bond acceptors (Lipinski definition) is 6. The summed E-state index contributed by atoms with van der Waals surface area (Å²) in [7, 11) is 0. The Labute approximate surface area is 167 Å². The highest BCUT2D eigenvalue weighted by Crippen LogP contribution is 2.23. The van der Waals surface area contributed by atoms with Crippen LogP contribution in [-0.4, -0.2) is 40.8 Å². The molecule has 8 heteroatoms. The van der Waals surface area contributed by atoms with Crippen LogP contribution in [0.4, 0.5) is 10.1 Å². The molecule has 0 unspecified atom stereocenters. The Balaban J connectivity index is 1.66. The van der Waals surface area contributed by atoms with Crippen LogP contribution >= 0.6 is 0 Å². The van der Waals surface area contributed by atoms with E-state index in [1.807, 2.05) is 4.90 Å². The van der Waals surface area contributed by atoms with E-state index in [1.54, 1.807) is 43.6 Å². The van der Waals surface area contributed by atoms with Gasteiger partial charge in [0.15, 0.2) is 5.82 Å². The SMILES string of the molecule is Cc1cc(=O)n(-c2ccc(N3CCOCC3)c(F)c2)c(COc2cccnc2)n1. The molecule has 2 aromatic heterocycles. The Morgan fingerprint density at radius 3 is 2.76 bits per heavy atom. The van der Waals surface area contributed by atoms with E-state index in [9.17, 15) is 9.18 Å². The second-order valence-electron chi connectivity index (χ2n) is 6.70. The number of nitrogens with zero attached hydrogens (tertiary/aromatic N) is 4. The van der Waals surface area contributed by atoms with Crippen molar-refractivity contribution in [3.63, 3.8) is 0 Å². The highest BCUT2D eigenvalue weighted by atomic mass is 19.1. The van der Waals surface area contributed by atoms with Gasteiger partial charge in [0.2, 0.25) is 0 Å². The third-order valence-corrected chi connectivity index (χ3v) is 4.66. The average molecular weight is 396 g/mol. The molecule has 1 saturated heterocycles. The summed E-state index contributed by atoms with van der Waals surface area (Å²) >= 11 is 0. The summed E-state index contributed by atoms with van der Waals surface area (Å²) in [4.78, 5) is 23.0. The maximum Gasteiger partial charge on any atom is 0.258 e. The van der Waals surface area contributed by atoms with Gasteiger partial charge in [-0.2, -0.15) is 0 Å². The minimum absolute atomic E-state index is 0.0510. The summed E-state index contributed by atoms with van der Waals surface area (Å²) in [6, 6.07) is 9.71. The Kier molecular flexibility index (Phi) is 5.53. The zero-order chi connectivity index (χ0) is 20.2. The van der Waals surface area contributed by atoms with E-state index in [2.05, 4.69) is 9.97 Å². The van der Waals surface area contributed by atoms with Gasteiger partial charge in [-0.3, -0.25) is 14.3 Å². The molecule has 4 rings (SSSR count). The Morgan fingerprint density at radius 2 is 2.03 bits per heavy atom. The fraction of sp³-hybridized carbons (Fsp3) is 0.286. The van der Waals surface area contributed by atoms with Crippen LogP contribution in [0.15, 0.2) is 53.6 Å². The minimum Gasteiger partial charge on any atom is -0.484 e. The summed E-state index contributed by atoms with van der Waals surface area (Å²) in [5.41, 5.74) is 1.18. The molecular weight excluding hydrogens is 375 g/mol. The number of benzene rings is 1. The summed E-state index contributed by atoms with van der Waals surface area (Å²) in [6.45, 7) is 4.19. The number of ether oxygens (including phenoxy) is 2. The van der Waals surface area contributed by atoms with Gasteiger partial charge >= 0.3 is 0 Å². The average Bonchev–Trinajstić information content (AvgIpc) is 2.73. The number of rotatable bonds is 5. The molecule has 7 nitrogen and oxygen atoms in total. The van der Waals surface area contributed by atoms with Gasteiger partial charge in [-0.25, -0.2) is 9.37 Å². The monoisotopic (exact) mass is 396 g/mol. The van der Waals surface area contributed by atoms with Crippen molar-refractivity contribution in [1.29, 1.82) is 0 Å². The van der Waals surface area contributed by atoms with Crippen LogP contribution in [-0.2, 0) is 11.3 Å². The van der Waals surface area contributed by atoms with Crippen LogP contribution in [0.1, 0.15) is 11.5 Å². The second-order valence-corrected chi connectivity index (χ2v) is 6.70. The van der Waals surface area contributed by atoms with Gasteiger partial charge in [0.25, 0.3) is 5.56 Å². The van der Waals surface area contributed by atoms with Crippen LogP contribution in [0, 0.1) is 12.7 Å². The molecule has 1 aliphatic heterocycles. The van der Waals surface area contributed by atoms with Crippen molar-refractivity contribution in [3.8, 4) is 11.4 Å². The van der Waals surface area contributed by atoms with Crippen LogP contribution in [0.25, 0.3) is 5.69 Å². The normalized spacial score (nSPS) is 14.1. The largest absolute Gasteiger partial charge is 0.484 e. The first-order chi connectivity index (χ1) is 14.1. The predicted molar refractivity (Wildman–Crippen MR) is 106 cm³/mol. The molecule has 1 aromatic carbocycles. The molecule has 0 radical (unpaired) electrons. The Hall–Kier alpha value is -3.26. The number of aryl methyl sites for hydroxylation is 1. The summed E-state index contributed by atoms with van der Waals surface area (Å²) in [5, 5.41) is 0. The number of aromatic nitrogens is 3. The zero-order valence-corrected chi connectivity index (χ0v) is 16.0. The van der Waals surface area contributed by atoms with Crippen molar-refractivity contribution in [3.05, 3.63) is 76.5 Å².